The van der Waals surface area contributed by atoms with E-state index in [4.69, 9.17) is 23.9 Å². The molecule has 3 atom stereocenters. The molecule has 2 amide bonds. The van der Waals surface area contributed by atoms with E-state index in [0.29, 0.717) is 17.2 Å². The molecule has 11 nitrogen and oxygen atoms in total. The van der Waals surface area contributed by atoms with Crippen LogP contribution in [0.5, 0.6) is 0 Å². The quantitative estimate of drug-likeness (QED) is 0.0223. The zero-order valence-corrected chi connectivity index (χ0v) is 32.9. The number of amides is 2. The molecule has 1 unspecified atom stereocenters. The fourth-order valence-electron chi connectivity index (χ4n) is 5.23. The first-order valence-electron chi connectivity index (χ1n) is 18.3. The number of carboxylic acids is 1. The van der Waals surface area contributed by atoms with Gasteiger partial charge < -0.3 is 30.9 Å². The fraction of sp³-hybridized carbons (Fsp3) is 0.462. The molecule has 3 aromatic carbocycles. The average Bonchev–Trinajstić information content (AvgIpc) is 3.16. The number of ether oxygens (including phenoxy) is 1. The van der Waals surface area contributed by atoms with E-state index >= 15 is 0 Å². The molecule has 0 radical (unpaired) electrons. The summed E-state index contributed by atoms with van der Waals surface area (Å²) in [6.07, 6.45) is -8.70. The van der Waals surface area contributed by atoms with Crippen molar-refractivity contribution in [3.63, 3.8) is 0 Å². The Kier molecular flexibility index (Phi) is 22.2. The standard InChI is InChI=1S/C37H46F5N3O6S.C2HF3O2/c1-3-9-31(10-4-2)50-51-52-24-33(45-36(48)49-23-26-11-6-5-7-12-26)35(47)44-32(20-27-18-29(38)21-30(39)19-27)34(46)22-43-16-15-25-13-8-14-28(17-25)37(40,41)42;3-2(4,5)1(6)7/h5-8,11-14,17-19,21,31-34,43,46H,3-4,9-10,15-16,20,22-24H2,1-2H3,(H,44,47)(H,45,48);(H,6,7)/t32-,33?,34+;/m0./s1. The molecule has 0 saturated heterocycles. The predicted molar refractivity (Wildman–Crippen MR) is 201 cm³/mol. The first-order chi connectivity index (χ1) is 27.8. The van der Waals surface area contributed by atoms with Gasteiger partial charge in [0.2, 0.25) is 5.91 Å². The number of carbonyl (C=O) groups excluding carboxylic acids is 2. The number of rotatable bonds is 22. The van der Waals surface area contributed by atoms with Gasteiger partial charge in [0.25, 0.3) is 0 Å². The third-order valence-electron chi connectivity index (χ3n) is 8.11. The van der Waals surface area contributed by atoms with Gasteiger partial charge in [-0.1, -0.05) is 75.2 Å². The van der Waals surface area contributed by atoms with Crippen LogP contribution in [-0.4, -0.2) is 77.5 Å². The molecule has 3 rings (SSSR count). The Morgan fingerprint density at radius 3 is 2.00 bits per heavy atom. The third kappa shape index (κ3) is 20.8. The molecule has 3 aromatic rings. The topological polar surface area (TPSA) is 155 Å². The van der Waals surface area contributed by atoms with Crippen LogP contribution in [0.15, 0.2) is 72.8 Å². The zero-order valence-electron chi connectivity index (χ0n) is 32.1. The Morgan fingerprint density at radius 2 is 1.42 bits per heavy atom. The molecule has 328 valence electrons. The Hall–Kier alpha value is -4.50. The largest absolute Gasteiger partial charge is 0.490 e. The monoisotopic (exact) mass is 869 g/mol. The van der Waals surface area contributed by atoms with Crippen LogP contribution in [0.4, 0.5) is 39.9 Å². The van der Waals surface area contributed by atoms with Crippen molar-refractivity contribution in [2.45, 2.75) is 95.6 Å². The summed E-state index contributed by atoms with van der Waals surface area (Å²) in [5.74, 6) is -5.35. The van der Waals surface area contributed by atoms with E-state index in [1.807, 2.05) is 19.9 Å². The molecule has 0 aliphatic heterocycles. The summed E-state index contributed by atoms with van der Waals surface area (Å²) in [5.41, 5.74) is 0.499. The van der Waals surface area contributed by atoms with Crippen LogP contribution < -0.4 is 16.0 Å². The van der Waals surface area contributed by atoms with Crippen molar-refractivity contribution in [1.29, 1.82) is 0 Å². The number of aliphatic hydroxyl groups excluding tert-OH is 1. The number of carbonyl (C=O) groups is 3. The van der Waals surface area contributed by atoms with Gasteiger partial charge >= 0.3 is 24.4 Å². The van der Waals surface area contributed by atoms with Crippen LogP contribution in [0.25, 0.3) is 0 Å². The van der Waals surface area contributed by atoms with Crippen LogP contribution in [0, 0.1) is 11.6 Å². The van der Waals surface area contributed by atoms with Crippen LogP contribution in [0.2, 0.25) is 0 Å². The lowest BCUT2D eigenvalue weighted by atomic mass is 10.00. The summed E-state index contributed by atoms with van der Waals surface area (Å²) in [6, 6.07) is 14.2. The molecule has 20 heteroatoms. The Labute approximate surface area is 340 Å². The third-order valence-corrected chi connectivity index (χ3v) is 8.76. The van der Waals surface area contributed by atoms with E-state index in [9.17, 15) is 49.8 Å². The normalized spacial score (nSPS) is 13.2. The van der Waals surface area contributed by atoms with Crippen LogP contribution in [0.3, 0.4) is 0 Å². The molecule has 0 spiro atoms. The van der Waals surface area contributed by atoms with E-state index in [1.54, 1.807) is 30.3 Å². The van der Waals surface area contributed by atoms with Crippen LogP contribution >= 0.6 is 12.0 Å². The highest BCUT2D eigenvalue weighted by molar-refractivity contribution is 7.94. The second-order valence-electron chi connectivity index (χ2n) is 13.0. The summed E-state index contributed by atoms with van der Waals surface area (Å²) in [7, 11) is 0. The maximum Gasteiger partial charge on any atom is 0.490 e. The van der Waals surface area contributed by atoms with Gasteiger partial charge in [-0.2, -0.15) is 30.7 Å². The van der Waals surface area contributed by atoms with Gasteiger partial charge in [-0.3, -0.25) is 4.79 Å². The lowest BCUT2D eigenvalue weighted by molar-refractivity contribution is -0.234. The Bertz CT molecular complexity index is 1700. The molecule has 0 aliphatic carbocycles. The van der Waals surface area contributed by atoms with Crippen LogP contribution in [0.1, 0.15) is 61.8 Å². The summed E-state index contributed by atoms with van der Waals surface area (Å²) in [6.45, 7) is 4.00. The van der Waals surface area contributed by atoms with Crippen molar-refractivity contribution < 1.29 is 73.7 Å². The number of halogens is 8. The van der Waals surface area contributed by atoms with Gasteiger partial charge in [-0.15, -0.1) is 0 Å². The highest BCUT2D eigenvalue weighted by Gasteiger charge is 2.38. The van der Waals surface area contributed by atoms with Crippen molar-refractivity contribution in [1.82, 2.24) is 16.0 Å². The summed E-state index contributed by atoms with van der Waals surface area (Å²) >= 11 is 0.789. The maximum atomic E-state index is 14.1. The number of hydrogen-bond acceptors (Lipinski definition) is 9. The van der Waals surface area contributed by atoms with Gasteiger partial charge in [0.05, 0.1) is 29.6 Å². The van der Waals surface area contributed by atoms with E-state index in [2.05, 4.69) is 16.0 Å². The van der Waals surface area contributed by atoms with Crippen LogP contribution in [-0.2, 0) is 49.2 Å². The van der Waals surface area contributed by atoms with Crippen molar-refractivity contribution in [2.24, 2.45) is 0 Å². The maximum absolute atomic E-state index is 14.1. The molecule has 0 bridgehead atoms. The zero-order chi connectivity index (χ0) is 44.0. The average molecular weight is 870 g/mol. The minimum absolute atomic E-state index is 0.0673. The lowest BCUT2D eigenvalue weighted by Crippen LogP contribution is -2.55. The molecule has 5 N–H and O–H groups in total. The first-order valence-corrected chi connectivity index (χ1v) is 19.3. The minimum atomic E-state index is -5.08. The number of aliphatic carboxylic acids is 1. The van der Waals surface area contributed by atoms with E-state index in [-0.39, 0.29) is 50.0 Å². The summed E-state index contributed by atoms with van der Waals surface area (Å²) < 4.78 is 110. The van der Waals surface area contributed by atoms with Crippen molar-refractivity contribution in [3.8, 4) is 0 Å². The Morgan fingerprint density at radius 1 is 0.814 bits per heavy atom. The molecule has 0 heterocycles. The first kappa shape index (κ1) is 50.6. The number of carboxylic acid groups (broad SMARTS) is 1. The van der Waals surface area contributed by atoms with E-state index < -0.39 is 65.7 Å². The number of alkyl carbamates (subject to hydrolysis) is 1. The number of benzene rings is 3. The summed E-state index contributed by atoms with van der Waals surface area (Å²) in [4.78, 5) is 40.9. The molecule has 0 saturated carbocycles. The second kappa shape index (κ2) is 25.9. The number of aliphatic hydroxyl groups is 1. The minimum Gasteiger partial charge on any atom is -0.475 e. The second-order valence-corrected chi connectivity index (χ2v) is 13.7. The van der Waals surface area contributed by atoms with E-state index in [0.717, 1.165) is 62.0 Å². The van der Waals surface area contributed by atoms with Crippen molar-refractivity contribution >= 4 is 30.0 Å². The molecule has 59 heavy (non-hydrogen) atoms. The van der Waals surface area contributed by atoms with Gasteiger partial charge in [0.1, 0.15) is 24.3 Å². The number of hydrogen-bond donors (Lipinski definition) is 5. The predicted octanol–water partition coefficient (Wildman–Crippen LogP) is 7.70. The SMILES string of the molecule is CCCC(CCC)OOSCC(NC(=O)OCc1ccccc1)C(=O)N[C@@H](Cc1cc(F)cc(F)c1)[C@H](O)CNCCc1cccc(C(F)(F)F)c1.O=C(O)C(F)(F)F. The van der Waals surface area contributed by atoms with Crippen molar-refractivity contribution in [2.75, 3.05) is 18.8 Å². The number of alkyl halides is 6. The Balaban J connectivity index is 0.00000157. The van der Waals surface area contributed by atoms with Gasteiger partial charge in [-0.25, -0.2) is 23.3 Å². The summed E-state index contributed by atoms with van der Waals surface area (Å²) in [5, 5.41) is 26.5. The lowest BCUT2D eigenvalue weighted by Gasteiger charge is -2.27. The smallest absolute Gasteiger partial charge is 0.475 e. The number of nitrogens with one attached hydrogen (secondary N) is 3. The van der Waals surface area contributed by atoms with Gasteiger partial charge in [-0.05, 0) is 67.1 Å². The van der Waals surface area contributed by atoms with Gasteiger partial charge in [0.15, 0.2) is 0 Å². The highest BCUT2D eigenvalue weighted by Crippen LogP contribution is 2.29. The van der Waals surface area contributed by atoms with Crippen molar-refractivity contribution in [3.05, 3.63) is 107 Å². The molecular formula is C39H47F8N3O8S. The van der Waals surface area contributed by atoms with E-state index in [1.165, 1.54) is 6.07 Å². The fourth-order valence-corrected chi connectivity index (χ4v) is 5.82. The molecular weight excluding hydrogens is 822 g/mol. The van der Waals surface area contributed by atoms with Gasteiger partial charge in [0, 0.05) is 24.7 Å². The highest BCUT2D eigenvalue weighted by atomic mass is 32.2. The molecule has 0 aromatic heterocycles. The molecule has 0 fully saturated rings. The molecule has 0 aliphatic rings.